The molecule has 0 amide bonds. The first-order valence-corrected chi connectivity index (χ1v) is 11.0. The van der Waals surface area contributed by atoms with Gasteiger partial charge in [-0.05, 0) is 23.3 Å². The summed E-state index contributed by atoms with van der Waals surface area (Å²) < 4.78 is 78.8. The molecule has 2 aliphatic rings. The molecule has 5 rings (SSSR count). The second-order valence-electron chi connectivity index (χ2n) is 8.54. The summed E-state index contributed by atoms with van der Waals surface area (Å²) in [6.45, 7) is 0.451. The van der Waals surface area contributed by atoms with Crippen LogP contribution >= 0.6 is 0 Å². The van der Waals surface area contributed by atoms with Crippen molar-refractivity contribution in [3.63, 3.8) is 0 Å². The van der Waals surface area contributed by atoms with E-state index in [1.54, 1.807) is 18.2 Å². The predicted octanol–water partition coefficient (Wildman–Crippen LogP) is 6.98. The molecule has 3 N–H and O–H groups in total. The Morgan fingerprint density at radius 2 is 0.946 bits per heavy atom. The van der Waals surface area contributed by atoms with Gasteiger partial charge in [0, 0.05) is 24.2 Å². The Balaban J connectivity index is 1.19. The molecule has 192 valence electrons. The molecule has 0 fully saturated rings. The van der Waals surface area contributed by atoms with Crippen molar-refractivity contribution < 1.29 is 31.4 Å². The summed E-state index contributed by atoms with van der Waals surface area (Å²) in [6, 6.07) is 16.3. The Bertz CT molecular complexity index is 1250. The number of alkyl halides is 6. The SMILES string of the molecule is Oc1c(NCc2ccc(C3(C(F)(F)F)N=N3)cc2)cccc1NCc1ccc(C2(C(F)(F)F)N=N2)cc1. The van der Waals surface area contributed by atoms with Crippen molar-refractivity contribution in [3.05, 3.63) is 89.0 Å². The first kappa shape index (κ1) is 24.5. The second kappa shape index (κ2) is 8.46. The van der Waals surface area contributed by atoms with E-state index in [2.05, 4.69) is 31.1 Å². The van der Waals surface area contributed by atoms with Gasteiger partial charge in [0.2, 0.25) is 0 Å². The molecular formula is C24H18F6N6O. The van der Waals surface area contributed by atoms with Crippen molar-refractivity contribution in [2.45, 2.75) is 36.8 Å². The fourth-order valence-corrected chi connectivity index (χ4v) is 3.82. The molecule has 7 nitrogen and oxygen atoms in total. The highest BCUT2D eigenvalue weighted by atomic mass is 19.4. The zero-order valence-electron chi connectivity index (χ0n) is 18.8. The Hall–Kier alpha value is -4.16. The van der Waals surface area contributed by atoms with Crippen LogP contribution in [0.15, 0.2) is 87.2 Å². The average Bonchev–Trinajstić information content (AvgIpc) is 3.76. The van der Waals surface area contributed by atoms with E-state index in [-0.39, 0.29) is 30.0 Å². The highest BCUT2D eigenvalue weighted by Gasteiger charge is 2.65. The first-order valence-electron chi connectivity index (χ1n) is 11.0. The first-order chi connectivity index (χ1) is 17.5. The Morgan fingerprint density at radius 3 is 1.24 bits per heavy atom. The van der Waals surface area contributed by atoms with Crippen molar-refractivity contribution in [2.24, 2.45) is 20.5 Å². The van der Waals surface area contributed by atoms with Crippen LogP contribution in [-0.4, -0.2) is 17.5 Å². The lowest BCUT2D eigenvalue weighted by Crippen LogP contribution is -2.30. The number of nitrogens with zero attached hydrogens (tertiary/aromatic N) is 4. The van der Waals surface area contributed by atoms with Crippen LogP contribution in [0, 0.1) is 0 Å². The summed E-state index contributed by atoms with van der Waals surface area (Å²) in [5, 5.41) is 29.4. The molecule has 0 saturated carbocycles. The van der Waals surface area contributed by atoms with Gasteiger partial charge in [0.25, 0.3) is 0 Å². The number of phenolic OH excluding ortho intramolecular Hbond substituents is 1. The van der Waals surface area contributed by atoms with Gasteiger partial charge in [-0.2, -0.15) is 26.3 Å². The van der Waals surface area contributed by atoms with Gasteiger partial charge in [-0.1, -0.05) is 54.6 Å². The van der Waals surface area contributed by atoms with Crippen LogP contribution < -0.4 is 10.6 Å². The summed E-state index contributed by atoms with van der Waals surface area (Å²) in [6.07, 6.45) is -9.19. The molecule has 0 saturated heterocycles. The third-order valence-corrected chi connectivity index (χ3v) is 6.11. The van der Waals surface area contributed by atoms with E-state index in [9.17, 15) is 31.4 Å². The molecule has 2 heterocycles. The summed E-state index contributed by atoms with van der Waals surface area (Å²) in [5.74, 6) is -0.0889. The number of benzene rings is 3. The number of rotatable bonds is 8. The predicted molar refractivity (Wildman–Crippen MR) is 121 cm³/mol. The van der Waals surface area contributed by atoms with Crippen LogP contribution in [0.1, 0.15) is 22.3 Å². The van der Waals surface area contributed by atoms with Crippen molar-refractivity contribution in [2.75, 3.05) is 10.6 Å². The number of anilines is 2. The molecule has 37 heavy (non-hydrogen) atoms. The van der Waals surface area contributed by atoms with Crippen molar-refractivity contribution in [3.8, 4) is 5.75 Å². The number of hydrogen-bond donors (Lipinski definition) is 3. The molecular weight excluding hydrogens is 502 g/mol. The zero-order valence-corrected chi connectivity index (χ0v) is 18.8. The highest BCUT2D eigenvalue weighted by molar-refractivity contribution is 5.70. The molecule has 0 spiro atoms. The number of halogens is 6. The van der Waals surface area contributed by atoms with E-state index in [0.29, 0.717) is 22.5 Å². The lowest BCUT2D eigenvalue weighted by Gasteiger charge is -2.16. The Kier molecular flexibility index (Phi) is 5.61. The fraction of sp³-hybridized carbons (Fsp3) is 0.250. The van der Waals surface area contributed by atoms with Gasteiger partial charge in [-0.25, -0.2) is 0 Å². The largest absolute Gasteiger partial charge is 0.504 e. The van der Waals surface area contributed by atoms with Crippen molar-refractivity contribution in [1.82, 2.24) is 0 Å². The monoisotopic (exact) mass is 520 g/mol. The molecule has 3 aromatic rings. The van der Waals surface area contributed by atoms with Gasteiger partial charge in [0.1, 0.15) is 0 Å². The van der Waals surface area contributed by atoms with Crippen LogP contribution in [0.4, 0.5) is 37.7 Å². The van der Waals surface area contributed by atoms with Crippen LogP contribution in [0.2, 0.25) is 0 Å². The van der Waals surface area contributed by atoms with E-state index < -0.39 is 23.7 Å². The van der Waals surface area contributed by atoms with E-state index in [1.807, 2.05) is 0 Å². The number of hydrogen-bond acceptors (Lipinski definition) is 7. The fourth-order valence-electron chi connectivity index (χ4n) is 3.82. The minimum Gasteiger partial charge on any atom is -0.504 e. The number of aromatic hydroxyl groups is 1. The van der Waals surface area contributed by atoms with E-state index >= 15 is 0 Å². The topological polar surface area (TPSA) is 93.7 Å². The van der Waals surface area contributed by atoms with Crippen molar-refractivity contribution >= 4 is 11.4 Å². The normalized spacial score (nSPS) is 16.9. The minimum atomic E-state index is -4.60. The van der Waals surface area contributed by atoms with E-state index in [4.69, 9.17) is 0 Å². The molecule has 2 aliphatic heterocycles. The van der Waals surface area contributed by atoms with Crippen molar-refractivity contribution in [1.29, 1.82) is 0 Å². The van der Waals surface area contributed by atoms with Gasteiger partial charge in [-0.3, -0.25) is 0 Å². The third-order valence-electron chi connectivity index (χ3n) is 6.11. The summed E-state index contributed by atoms with van der Waals surface area (Å²) in [5.41, 5.74) is -2.98. The van der Waals surface area contributed by atoms with Gasteiger partial charge in [0.15, 0.2) is 5.75 Å². The summed E-state index contributed by atoms with van der Waals surface area (Å²) in [4.78, 5) is 0. The quantitative estimate of drug-likeness (QED) is 0.221. The van der Waals surface area contributed by atoms with E-state index in [0.717, 1.165) is 0 Å². The number of nitrogens with one attached hydrogen (secondary N) is 2. The standard InChI is InChI=1S/C24H18F6N6O/c25-23(26,27)21(33-34-21)16-8-4-14(5-9-16)12-31-18-2-1-3-19(20(18)37)32-13-15-6-10-17(11-7-15)22(35-36-22)24(28,29)30/h1-11,31-32,37H,12-13H2. The molecule has 0 aliphatic carbocycles. The Morgan fingerprint density at radius 1 is 0.595 bits per heavy atom. The summed E-state index contributed by atoms with van der Waals surface area (Å²) in [7, 11) is 0. The Labute approximate surface area is 206 Å². The molecule has 0 aromatic heterocycles. The maximum Gasteiger partial charge on any atom is 0.442 e. The summed E-state index contributed by atoms with van der Waals surface area (Å²) >= 11 is 0. The van der Waals surface area contributed by atoms with Gasteiger partial charge < -0.3 is 15.7 Å². The molecule has 0 radical (unpaired) electrons. The molecule has 3 aromatic carbocycles. The van der Waals surface area contributed by atoms with E-state index in [1.165, 1.54) is 48.5 Å². The van der Waals surface area contributed by atoms with Crippen LogP contribution in [0.3, 0.4) is 0 Å². The minimum absolute atomic E-state index is 0.0691. The van der Waals surface area contributed by atoms with Gasteiger partial charge in [-0.15, -0.1) is 20.5 Å². The number of phenols is 1. The smallest absolute Gasteiger partial charge is 0.442 e. The molecule has 0 unspecified atom stereocenters. The lowest BCUT2D eigenvalue weighted by molar-refractivity contribution is -0.166. The maximum absolute atomic E-state index is 13.1. The van der Waals surface area contributed by atoms with Crippen LogP contribution in [0.25, 0.3) is 0 Å². The lowest BCUT2D eigenvalue weighted by atomic mass is 10.0. The molecule has 13 heteroatoms. The molecule has 0 atom stereocenters. The van der Waals surface area contributed by atoms with Crippen LogP contribution in [-0.2, 0) is 24.4 Å². The highest BCUT2D eigenvalue weighted by Crippen LogP contribution is 2.53. The number of para-hydroxylation sites is 1. The maximum atomic E-state index is 13.1. The van der Waals surface area contributed by atoms with Gasteiger partial charge >= 0.3 is 23.7 Å². The zero-order chi connectivity index (χ0) is 26.5. The molecule has 0 bridgehead atoms. The second-order valence-corrected chi connectivity index (χ2v) is 8.54. The van der Waals surface area contributed by atoms with Gasteiger partial charge in [0.05, 0.1) is 11.4 Å². The van der Waals surface area contributed by atoms with Crippen LogP contribution in [0.5, 0.6) is 5.75 Å². The third kappa shape index (κ3) is 4.45. The average molecular weight is 520 g/mol.